The van der Waals surface area contributed by atoms with Crippen molar-refractivity contribution in [3.63, 3.8) is 0 Å². The van der Waals surface area contributed by atoms with Crippen LogP contribution in [0.3, 0.4) is 0 Å². The van der Waals surface area contributed by atoms with Gasteiger partial charge in [0.15, 0.2) is 14.9 Å². The Balaban J connectivity index is 2.20. The van der Waals surface area contributed by atoms with E-state index in [0.29, 0.717) is 16.1 Å². The summed E-state index contributed by atoms with van der Waals surface area (Å²) in [5, 5.41) is 0.965. The molecule has 2 aromatic heterocycles. The van der Waals surface area contributed by atoms with Crippen LogP contribution in [0.4, 0.5) is 0 Å². The van der Waals surface area contributed by atoms with Gasteiger partial charge in [0.2, 0.25) is 0 Å². The van der Waals surface area contributed by atoms with Crippen molar-refractivity contribution in [3.05, 3.63) is 52.8 Å². The Hall–Kier alpha value is -2.12. The molecule has 0 saturated carbocycles. The second-order valence-electron chi connectivity index (χ2n) is 4.58. The lowest BCUT2D eigenvalue weighted by Gasteiger charge is -2.04. The van der Waals surface area contributed by atoms with Crippen molar-refractivity contribution in [3.8, 4) is 10.7 Å². The van der Waals surface area contributed by atoms with Crippen LogP contribution in [0, 0.1) is 0 Å². The van der Waals surface area contributed by atoms with Gasteiger partial charge in [-0.15, -0.1) is 11.3 Å². The standard InChI is InChI=1S/C15H12N2O3S2/c1-2-22(19,20)13-9-5-7-11(16-13)15-17-14(18)10-6-3-4-8-12(10)21-15/h3-9H,2H2,1H3. The van der Waals surface area contributed by atoms with Gasteiger partial charge >= 0.3 is 0 Å². The zero-order valence-corrected chi connectivity index (χ0v) is 13.3. The van der Waals surface area contributed by atoms with Gasteiger partial charge in [0, 0.05) is 4.70 Å². The quantitative estimate of drug-likeness (QED) is 0.736. The summed E-state index contributed by atoms with van der Waals surface area (Å²) >= 11 is 1.31. The summed E-state index contributed by atoms with van der Waals surface area (Å²) in [4.78, 5) is 20.2. The van der Waals surface area contributed by atoms with Crippen LogP contribution < -0.4 is 5.56 Å². The van der Waals surface area contributed by atoms with Crippen LogP contribution in [0.2, 0.25) is 0 Å². The van der Waals surface area contributed by atoms with E-state index in [4.69, 9.17) is 0 Å². The molecule has 0 aliphatic carbocycles. The van der Waals surface area contributed by atoms with Gasteiger partial charge in [-0.05, 0) is 24.3 Å². The van der Waals surface area contributed by atoms with Crippen LogP contribution in [0.25, 0.3) is 20.8 Å². The highest BCUT2D eigenvalue weighted by Crippen LogP contribution is 2.25. The number of hydrogen-bond donors (Lipinski definition) is 0. The third kappa shape index (κ3) is 2.65. The predicted molar refractivity (Wildman–Crippen MR) is 86.8 cm³/mol. The third-order valence-electron chi connectivity index (χ3n) is 3.17. The highest BCUT2D eigenvalue weighted by atomic mass is 32.2. The van der Waals surface area contributed by atoms with Gasteiger partial charge in [-0.2, -0.15) is 4.98 Å². The number of pyridine rings is 1. The Labute approximate surface area is 131 Å². The maximum Gasteiger partial charge on any atom is 0.279 e. The molecule has 0 atom stereocenters. The maximum absolute atomic E-state index is 12.1. The fraction of sp³-hybridized carbons (Fsp3) is 0.133. The van der Waals surface area contributed by atoms with E-state index in [2.05, 4.69) is 9.97 Å². The second-order valence-corrected chi connectivity index (χ2v) is 7.84. The van der Waals surface area contributed by atoms with E-state index in [1.54, 1.807) is 31.2 Å². The molecule has 0 aliphatic rings. The summed E-state index contributed by atoms with van der Waals surface area (Å²) in [6, 6.07) is 11.9. The number of hydrogen-bond acceptors (Lipinski definition) is 6. The Morgan fingerprint density at radius 3 is 2.59 bits per heavy atom. The summed E-state index contributed by atoms with van der Waals surface area (Å²) in [6.07, 6.45) is 0. The number of sulfone groups is 1. The van der Waals surface area contributed by atoms with Gasteiger partial charge in [-0.1, -0.05) is 25.1 Å². The Morgan fingerprint density at radius 1 is 1.05 bits per heavy atom. The average molecular weight is 332 g/mol. The van der Waals surface area contributed by atoms with Gasteiger partial charge < -0.3 is 0 Å². The Kier molecular flexibility index (Phi) is 3.76. The number of benzene rings is 1. The van der Waals surface area contributed by atoms with E-state index in [1.807, 2.05) is 12.1 Å². The lowest BCUT2D eigenvalue weighted by atomic mass is 10.3. The van der Waals surface area contributed by atoms with E-state index in [1.165, 1.54) is 17.4 Å². The van der Waals surface area contributed by atoms with Gasteiger partial charge in [0.05, 0.1) is 11.1 Å². The summed E-state index contributed by atoms with van der Waals surface area (Å²) in [7, 11) is -3.39. The molecule has 0 aliphatic heterocycles. The van der Waals surface area contributed by atoms with Crippen molar-refractivity contribution < 1.29 is 8.42 Å². The van der Waals surface area contributed by atoms with Crippen LogP contribution in [-0.4, -0.2) is 24.1 Å². The van der Waals surface area contributed by atoms with E-state index in [9.17, 15) is 13.2 Å². The average Bonchev–Trinajstić information content (AvgIpc) is 2.55. The van der Waals surface area contributed by atoms with Crippen molar-refractivity contribution in [2.45, 2.75) is 11.9 Å². The SMILES string of the molecule is CCS(=O)(=O)c1cccc(-c2nc(=O)c3ccccc3s2)n1. The first-order valence-electron chi connectivity index (χ1n) is 6.61. The lowest BCUT2D eigenvalue weighted by Crippen LogP contribution is -2.08. The van der Waals surface area contributed by atoms with Gasteiger partial charge in [0.1, 0.15) is 10.7 Å². The molecule has 2 heterocycles. The van der Waals surface area contributed by atoms with Crippen LogP contribution in [0.1, 0.15) is 6.92 Å². The molecule has 0 spiro atoms. The first-order valence-corrected chi connectivity index (χ1v) is 9.08. The normalized spacial score (nSPS) is 11.7. The minimum atomic E-state index is -3.39. The van der Waals surface area contributed by atoms with Crippen molar-refractivity contribution in [2.75, 3.05) is 5.75 Å². The molecule has 7 heteroatoms. The summed E-state index contributed by atoms with van der Waals surface area (Å²) in [5.41, 5.74) is 0.0530. The second kappa shape index (κ2) is 5.58. The topological polar surface area (TPSA) is 77.0 Å². The molecule has 5 nitrogen and oxygen atoms in total. The van der Waals surface area contributed by atoms with E-state index in [0.717, 1.165) is 4.70 Å². The van der Waals surface area contributed by atoms with Gasteiger partial charge in [-0.25, -0.2) is 13.4 Å². The van der Waals surface area contributed by atoms with Crippen molar-refractivity contribution in [2.24, 2.45) is 0 Å². The molecule has 0 N–H and O–H groups in total. The van der Waals surface area contributed by atoms with E-state index < -0.39 is 9.84 Å². The van der Waals surface area contributed by atoms with Crippen LogP contribution in [0.15, 0.2) is 52.3 Å². The molecule has 3 aromatic rings. The molecule has 0 unspecified atom stereocenters. The van der Waals surface area contributed by atoms with Crippen molar-refractivity contribution >= 4 is 31.3 Å². The molecular formula is C15H12N2O3S2. The molecule has 0 radical (unpaired) electrons. The zero-order chi connectivity index (χ0) is 15.7. The highest BCUT2D eigenvalue weighted by Gasteiger charge is 2.15. The molecule has 0 fully saturated rings. The monoisotopic (exact) mass is 332 g/mol. The summed E-state index contributed by atoms with van der Waals surface area (Å²) in [5.74, 6) is -0.0230. The van der Waals surface area contributed by atoms with Crippen LogP contribution in [-0.2, 0) is 9.84 Å². The molecule has 3 rings (SSSR count). The smallest absolute Gasteiger partial charge is 0.267 e. The van der Waals surface area contributed by atoms with Crippen LogP contribution >= 0.6 is 11.3 Å². The Bertz CT molecular complexity index is 1010. The minimum Gasteiger partial charge on any atom is -0.267 e. The fourth-order valence-corrected chi connectivity index (χ4v) is 3.76. The third-order valence-corrected chi connectivity index (χ3v) is 5.86. The van der Waals surface area contributed by atoms with Gasteiger partial charge in [-0.3, -0.25) is 4.79 Å². The molecule has 1 aromatic carbocycles. The van der Waals surface area contributed by atoms with Gasteiger partial charge in [0.25, 0.3) is 5.56 Å². The molecule has 0 bridgehead atoms. The summed E-state index contributed by atoms with van der Waals surface area (Å²) < 4.78 is 24.6. The van der Waals surface area contributed by atoms with E-state index in [-0.39, 0.29) is 16.3 Å². The Morgan fingerprint density at radius 2 is 1.82 bits per heavy atom. The molecular weight excluding hydrogens is 320 g/mol. The molecule has 112 valence electrons. The molecule has 0 amide bonds. The lowest BCUT2D eigenvalue weighted by molar-refractivity contribution is 0.593. The summed E-state index contributed by atoms with van der Waals surface area (Å²) in [6.45, 7) is 1.57. The van der Waals surface area contributed by atoms with Crippen molar-refractivity contribution in [1.82, 2.24) is 9.97 Å². The van der Waals surface area contributed by atoms with E-state index >= 15 is 0 Å². The first kappa shape index (κ1) is 14.8. The first-order chi connectivity index (χ1) is 10.5. The van der Waals surface area contributed by atoms with Crippen LogP contribution in [0.5, 0.6) is 0 Å². The number of nitrogens with zero attached hydrogens (tertiary/aromatic N) is 2. The molecule has 0 saturated heterocycles. The fourth-order valence-electron chi connectivity index (χ4n) is 1.98. The predicted octanol–water partition coefficient (Wildman–Crippen LogP) is 2.51. The number of rotatable bonds is 3. The largest absolute Gasteiger partial charge is 0.279 e. The number of aromatic nitrogens is 2. The highest BCUT2D eigenvalue weighted by molar-refractivity contribution is 7.91. The zero-order valence-electron chi connectivity index (χ0n) is 11.7. The minimum absolute atomic E-state index is 0.00195. The maximum atomic E-state index is 12.1. The molecule has 22 heavy (non-hydrogen) atoms. The van der Waals surface area contributed by atoms with Crippen molar-refractivity contribution in [1.29, 1.82) is 0 Å². The number of fused-ring (bicyclic) bond motifs is 1.